The number of nitrogens with zero attached hydrogens (tertiary/aromatic N) is 1. The lowest BCUT2D eigenvalue weighted by Crippen LogP contribution is -1.96. The predicted molar refractivity (Wildman–Crippen MR) is 99.5 cm³/mol. The van der Waals surface area contributed by atoms with Crippen LogP contribution in [0.15, 0.2) is 60.7 Å². The summed E-state index contributed by atoms with van der Waals surface area (Å²) in [5.41, 5.74) is 10.8. The Bertz CT molecular complexity index is 924. The maximum absolute atomic E-state index is 9.46. The first-order chi connectivity index (χ1) is 12.2. The molecule has 3 rings (SSSR count). The molecule has 0 aliphatic carbocycles. The zero-order valence-corrected chi connectivity index (χ0v) is 14.1. The summed E-state index contributed by atoms with van der Waals surface area (Å²) in [5, 5.41) is 9.46. The standard InChI is InChI=1S/C21H18N2O2/c1-24-18-7-3-14(4-8-18)16-11-17(13-22)21(23)20(12-16)15-5-9-19(25-2)10-6-15/h3-12H,23H2,1-2H3. The van der Waals surface area contributed by atoms with Gasteiger partial charge < -0.3 is 15.2 Å². The molecule has 0 unspecified atom stereocenters. The predicted octanol–water partition coefficient (Wildman–Crippen LogP) is 4.49. The van der Waals surface area contributed by atoms with Gasteiger partial charge in [-0.05, 0) is 53.1 Å². The van der Waals surface area contributed by atoms with Crippen molar-refractivity contribution in [3.8, 4) is 39.8 Å². The van der Waals surface area contributed by atoms with Gasteiger partial charge in [0.2, 0.25) is 0 Å². The number of anilines is 1. The molecule has 0 aliphatic heterocycles. The molecule has 2 N–H and O–H groups in total. The Morgan fingerprint density at radius 2 is 1.28 bits per heavy atom. The van der Waals surface area contributed by atoms with Crippen LogP contribution < -0.4 is 15.2 Å². The van der Waals surface area contributed by atoms with Crippen LogP contribution in [0.25, 0.3) is 22.3 Å². The Morgan fingerprint density at radius 1 is 0.760 bits per heavy atom. The Kier molecular flexibility index (Phi) is 4.58. The topological polar surface area (TPSA) is 68.3 Å². The smallest absolute Gasteiger partial charge is 0.118 e. The monoisotopic (exact) mass is 330 g/mol. The Hall–Kier alpha value is -3.45. The van der Waals surface area contributed by atoms with E-state index in [0.29, 0.717) is 11.3 Å². The van der Waals surface area contributed by atoms with Crippen molar-refractivity contribution in [2.45, 2.75) is 0 Å². The van der Waals surface area contributed by atoms with Crippen molar-refractivity contribution in [2.24, 2.45) is 0 Å². The van der Waals surface area contributed by atoms with Crippen LogP contribution in [0.2, 0.25) is 0 Å². The van der Waals surface area contributed by atoms with Gasteiger partial charge in [-0.1, -0.05) is 24.3 Å². The van der Waals surface area contributed by atoms with Crippen molar-refractivity contribution in [3.05, 3.63) is 66.2 Å². The minimum atomic E-state index is 0.458. The number of ether oxygens (including phenoxy) is 2. The van der Waals surface area contributed by atoms with E-state index in [1.807, 2.05) is 60.7 Å². The van der Waals surface area contributed by atoms with Crippen LogP contribution in [-0.2, 0) is 0 Å². The third-order valence-electron chi connectivity index (χ3n) is 4.12. The SMILES string of the molecule is COc1ccc(-c2cc(C#N)c(N)c(-c3ccc(OC)cc3)c2)cc1. The number of methoxy groups -OCH3 is 2. The van der Waals surface area contributed by atoms with Gasteiger partial charge in [0.25, 0.3) is 0 Å². The van der Waals surface area contributed by atoms with Crippen LogP contribution in [0.3, 0.4) is 0 Å². The van der Waals surface area contributed by atoms with Gasteiger partial charge in [-0.25, -0.2) is 0 Å². The first kappa shape index (κ1) is 16.4. The zero-order chi connectivity index (χ0) is 17.8. The van der Waals surface area contributed by atoms with Crippen molar-refractivity contribution in [2.75, 3.05) is 20.0 Å². The molecule has 0 radical (unpaired) electrons. The van der Waals surface area contributed by atoms with E-state index in [1.54, 1.807) is 14.2 Å². The molecule has 0 spiro atoms. The molecule has 0 saturated carbocycles. The molecule has 25 heavy (non-hydrogen) atoms. The summed E-state index contributed by atoms with van der Waals surface area (Å²) < 4.78 is 10.4. The van der Waals surface area contributed by atoms with Crippen molar-refractivity contribution >= 4 is 5.69 Å². The van der Waals surface area contributed by atoms with Gasteiger partial charge >= 0.3 is 0 Å². The summed E-state index contributed by atoms with van der Waals surface area (Å²) in [7, 11) is 3.26. The molecule has 0 aliphatic rings. The largest absolute Gasteiger partial charge is 0.497 e. The third kappa shape index (κ3) is 3.26. The number of rotatable bonds is 4. The van der Waals surface area contributed by atoms with Gasteiger partial charge in [0.1, 0.15) is 17.6 Å². The van der Waals surface area contributed by atoms with Gasteiger partial charge in [-0.3, -0.25) is 0 Å². The quantitative estimate of drug-likeness (QED) is 0.716. The van der Waals surface area contributed by atoms with Gasteiger partial charge in [-0.15, -0.1) is 0 Å². The molecule has 4 nitrogen and oxygen atoms in total. The molecular formula is C21H18N2O2. The third-order valence-corrected chi connectivity index (χ3v) is 4.12. The Labute approximate surface area is 147 Å². The van der Waals surface area contributed by atoms with E-state index in [0.717, 1.165) is 33.8 Å². The van der Waals surface area contributed by atoms with E-state index in [1.165, 1.54) is 0 Å². The molecule has 0 saturated heterocycles. The fourth-order valence-electron chi connectivity index (χ4n) is 2.71. The lowest BCUT2D eigenvalue weighted by atomic mass is 9.94. The van der Waals surface area contributed by atoms with Crippen LogP contribution in [0.4, 0.5) is 5.69 Å². The molecule has 0 fully saturated rings. The average molecular weight is 330 g/mol. The average Bonchev–Trinajstić information content (AvgIpc) is 2.68. The molecule has 0 amide bonds. The molecule has 124 valence electrons. The lowest BCUT2D eigenvalue weighted by molar-refractivity contribution is 0.415. The van der Waals surface area contributed by atoms with Gasteiger partial charge in [0.15, 0.2) is 0 Å². The number of benzene rings is 3. The van der Waals surface area contributed by atoms with Gasteiger partial charge in [0.05, 0.1) is 25.5 Å². The second-order valence-electron chi connectivity index (χ2n) is 5.55. The fraction of sp³-hybridized carbons (Fsp3) is 0.0952. The highest BCUT2D eigenvalue weighted by molar-refractivity contribution is 5.86. The zero-order valence-electron chi connectivity index (χ0n) is 14.1. The summed E-state index contributed by atoms with van der Waals surface area (Å²) >= 11 is 0. The highest BCUT2D eigenvalue weighted by Crippen LogP contribution is 2.35. The fourth-order valence-corrected chi connectivity index (χ4v) is 2.71. The van der Waals surface area contributed by atoms with Gasteiger partial charge in [-0.2, -0.15) is 5.26 Å². The molecule has 3 aromatic rings. The molecular weight excluding hydrogens is 312 g/mol. The summed E-state index contributed by atoms with van der Waals surface area (Å²) in [6.07, 6.45) is 0. The normalized spacial score (nSPS) is 10.1. The van der Waals surface area contributed by atoms with Crippen molar-refractivity contribution in [1.29, 1.82) is 5.26 Å². The number of hydrogen-bond donors (Lipinski definition) is 1. The van der Waals surface area contributed by atoms with Crippen LogP contribution in [-0.4, -0.2) is 14.2 Å². The summed E-state index contributed by atoms with van der Waals surface area (Å²) in [6.45, 7) is 0. The lowest BCUT2D eigenvalue weighted by Gasteiger charge is -2.12. The first-order valence-corrected chi connectivity index (χ1v) is 7.78. The number of nitriles is 1. The van der Waals surface area contributed by atoms with E-state index in [9.17, 15) is 5.26 Å². The van der Waals surface area contributed by atoms with E-state index in [-0.39, 0.29) is 0 Å². The van der Waals surface area contributed by atoms with E-state index < -0.39 is 0 Å². The minimum Gasteiger partial charge on any atom is -0.497 e. The molecule has 4 heteroatoms. The van der Waals surface area contributed by atoms with Crippen LogP contribution in [0, 0.1) is 11.3 Å². The van der Waals surface area contributed by atoms with Crippen molar-refractivity contribution < 1.29 is 9.47 Å². The molecule has 0 bridgehead atoms. The number of hydrogen-bond acceptors (Lipinski definition) is 4. The van der Waals surface area contributed by atoms with Crippen molar-refractivity contribution in [1.82, 2.24) is 0 Å². The van der Waals surface area contributed by atoms with Crippen LogP contribution in [0.5, 0.6) is 11.5 Å². The van der Waals surface area contributed by atoms with E-state index in [4.69, 9.17) is 15.2 Å². The highest BCUT2D eigenvalue weighted by atomic mass is 16.5. The van der Waals surface area contributed by atoms with Gasteiger partial charge in [0, 0.05) is 5.56 Å². The Morgan fingerprint density at radius 3 is 1.76 bits per heavy atom. The maximum Gasteiger partial charge on any atom is 0.118 e. The second kappa shape index (κ2) is 6.98. The van der Waals surface area contributed by atoms with Crippen LogP contribution in [0.1, 0.15) is 5.56 Å². The molecule has 0 heterocycles. The van der Waals surface area contributed by atoms with Crippen molar-refractivity contribution in [3.63, 3.8) is 0 Å². The summed E-state index contributed by atoms with van der Waals surface area (Å²) in [5.74, 6) is 1.56. The first-order valence-electron chi connectivity index (χ1n) is 7.78. The molecule has 0 atom stereocenters. The second-order valence-corrected chi connectivity index (χ2v) is 5.55. The molecule has 0 aromatic heterocycles. The maximum atomic E-state index is 9.46. The van der Waals surface area contributed by atoms with E-state index in [2.05, 4.69) is 6.07 Å². The minimum absolute atomic E-state index is 0.458. The van der Waals surface area contributed by atoms with E-state index >= 15 is 0 Å². The number of nitrogens with two attached hydrogens (primary N) is 1. The number of nitrogen functional groups attached to an aromatic ring is 1. The highest BCUT2D eigenvalue weighted by Gasteiger charge is 2.11. The summed E-state index contributed by atoms with van der Waals surface area (Å²) in [6, 6.07) is 21.3. The molecule has 3 aromatic carbocycles. The summed E-state index contributed by atoms with van der Waals surface area (Å²) in [4.78, 5) is 0. The Balaban J connectivity index is 2.12. The van der Waals surface area contributed by atoms with Crippen LogP contribution >= 0.6 is 0 Å².